The molecular formula is C13H23N5. The maximum atomic E-state index is 4.39. The Morgan fingerprint density at radius 3 is 3.11 bits per heavy atom. The van der Waals surface area contributed by atoms with Crippen molar-refractivity contribution in [1.29, 1.82) is 0 Å². The summed E-state index contributed by atoms with van der Waals surface area (Å²) in [5.41, 5.74) is 0. The van der Waals surface area contributed by atoms with E-state index >= 15 is 0 Å². The second-order valence-electron chi connectivity index (χ2n) is 4.96. The van der Waals surface area contributed by atoms with Crippen LogP contribution in [0.1, 0.15) is 27.2 Å². The van der Waals surface area contributed by atoms with Crippen LogP contribution in [0.2, 0.25) is 0 Å². The highest BCUT2D eigenvalue weighted by Crippen LogP contribution is 2.18. The highest BCUT2D eigenvalue weighted by atomic mass is 15.3. The van der Waals surface area contributed by atoms with Gasteiger partial charge in [-0.2, -0.15) is 0 Å². The van der Waals surface area contributed by atoms with Crippen LogP contribution in [0.5, 0.6) is 0 Å². The molecule has 0 spiro atoms. The fourth-order valence-electron chi connectivity index (χ4n) is 2.12. The molecule has 2 unspecified atom stereocenters. The molecule has 0 aliphatic carbocycles. The van der Waals surface area contributed by atoms with Crippen LogP contribution in [-0.2, 0) is 0 Å². The monoisotopic (exact) mass is 249 g/mol. The van der Waals surface area contributed by atoms with E-state index < -0.39 is 0 Å². The summed E-state index contributed by atoms with van der Waals surface area (Å²) >= 11 is 0. The van der Waals surface area contributed by atoms with Gasteiger partial charge in [0.2, 0.25) is 0 Å². The van der Waals surface area contributed by atoms with Crippen LogP contribution in [-0.4, -0.2) is 41.7 Å². The summed E-state index contributed by atoms with van der Waals surface area (Å²) < 4.78 is 0. The first kappa shape index (κ1) is 13.1. The maximum absolute atomic E-state index is 4.39. The quantitative estimate of drug-likeness (QED) is 0.846. The molecule has 1 aromatic rings. The Morgan fingerprint density at radius 1 is 1.56 bits per heavy atom. The molecule has 0 bridgehead atoms. The van der Waals surface area contributed by atoms with Gasteiger partial charge in [-0.3, -0.25) is 0 Å². The summed E-state index contributed by atoms with van der Waals surface area (Å²) in [6, 6.07) is 2.96. The van der Waals surface area contributed by atoms with Crippen molar-refractivity contribution >= 4 is 11.6 Å². The standard InChI is InChI=1S/C13H23N5/c1-4-10(2)17-12-7-13(16-9-15-12)18-6-5-14-8-11(18)3/h7,9-11,14H,4-6,8H2,1-3H3,(H,15,16,17). The molecule has 1 aliphatic rings. The molecule has 1 fully saturated rings. The molecule has 2 rings (SSSR count). The van der Waals surface area contributed by atoms with Crippen molar-refractivity contribution in [2.24, 2.45) is 0 Å². The second-order valence-corrected chi connectivity index (χ2v) is 4.96. The van der Waals surface area contributed by atoms with E-state index in [0.717, 1.165) is 37.7 Å². The first-order valence-corrected chi connectivity index (χ1v) is 6.76. The van der Waals surface area contributed by atoms with E-state index in [4.69, 9.17) is 0 Å². The van der Waals surface area contributed by atoms with Crippen molar-refractivity contribution in [3.8, 4) is 0 Å². The van der Waals surface area contributed by atoms with Gasteiger partial charge in [-0.15, -0.1) is 0 Å². The minimum absolute atomic E-state index is 0.438. The minimum atomic E-state index is 0.438. The highest BCUT2D eigenvalue weighted by Gasteiger charge is 2.19. The predicted octanol–water partition coefficient (Wildman–Crippen LogP) is 1.49. The fraction of sp³-hybridized carbons (Fsp3) is 0.692. The lowest BCUT2D eigenvalue weighted by Crippen LogP contribution is -2.50. The van der Waals surface area contributed by atoms with Crippen LogP contribution in [0.25, 0.3) is 0 Å². The number of anilines is 2. The predicted molar refractivity (Wildman–Crippen MR) is 75.1 cm³/mol. The maximum Gasteiger partial charge on any atom is 0.134 e. The van der Waals surface area contributed by atoms with Crippen molar-refractivity contribution in [2.75, 3.05) is 29.9 Å². The zero-order chi connectivity index (χ0) is 13.0. The normalized spacial score (nSPS) is 21.7. The first-order valence-electron chi connectivity index (χ1n) is 6.76. The lowest BCUT2D eigenvalue weighted by Gasteiger charge is -2.35. The van der Waals surface area contributed by atoms with Gasteiger partial charge in [-0.25, -0.2) is 9.97 Å². The number of rotatable bonds is 4. The molecule has 0 radical (unpaired) electrons. The van der Waals surface area contributed by atoms with Gasteiger partial charge in [0.25, 0.3) is 0 Å². The number of hydrogen-bond acceptors (Lipinski definition) is 5. The Morgan fingerprint density at radius 2 is 2.39 bits per heavy atom. The van der Waals surface area contributed by atoms with E-state index in [1.54, 1.807) is 6.33 Å². The topological polar surface area (TPSA) is 53.1 Å². The van der Waals surface area contributed by atoms with Gasteiger partial charge in [-0.1, -0.05) is 6.92 Å². The molecule has 2 N–H and O–H groups in total. The van der Waals surface area contributed by atoms with Crippen molar-refractivity contribution in [1.82, 2.24) is 15.3 Å². The molecule has 0 amide bonds. The highest BCUT2D eigenvalue weighted by molar-refractivity contribution is 5.49. The van der Waals surface area contributed by atoms with Crippen LogP contribution < -0.4 is 15.5 Å². The van der Waals surface area contributed by atoms with Crippen molar-refractivity contribution in [3.63, 3.8) is 0 Å². The summed E-state index contributed by atoms with van der Waals surface area (Å²) in [4.78, 5) is 11.0. The molecule has 5 nitrogen and oxygen atoms in total. The summed E-state index contributed by atoms with van der Waals surface area (Å²) in [7, 11) is 0. The molecule has 2 atom stereocenters. The van der Waals surface area contributed by atoms with Crippen LogP contribution in [0, 0.1) is 0 Å². The Bertz CT molecular complexity index is 381. The molecule has 0 saturated carbocycles. The average molecular weight is 249 g/mol. The van der Waals surface area contributed by atoms with Crippen LogP contribution >= 0.6 is 0 Å². The Kier molecular flexibility index (Phi) is 4.36. The molecule has 5 heteroatoms. The third kappa shape index (κ3) is 3.10. The fourth-order valence-corrected chi connectivity index (χ4v) is 2.12. The van der Waals surface area contributed by atoms with Gasteiger partial charge >= 0.3 is 0 Å². The van der Waals surface area contributed by atoms with Crippen LogP contribution in [0.3, 0.4) is 0 Å². The van der Waals surface area contributed by atoms with E-state index in [1.165, 1.54) is 0 Å². The van der Waals surface area contributed by atoms with Crippen molar-refractivity contribution in [3.05, 3.63) is 12.4 Å². The number of piperazine rings is 1. The molecule has 0 aromatic carbocycles. The Hall–Kier alpha value is -1.36. The van der Waals surface area contributed by atoms with E-state index in [2.05, 4.69) is 46.3 Å². The number of hydrogen-bond donors (Lipinski definition) is 2. The lowest BCUT2D eigenvalue weighted by molar-refractivity contribution is 0.497. The minimum Gasteiger partial charge on any atom is -0.367 e. The van der Waals surface area contributed by atoms with E-state index in [0.29, 0.717) is 12.1 Å². The summed E-state index contributed by atoms with van der Waals surface area (Å²) in [5, 5.41) is 6.78. The molecule has 1 aliphatic heterocycles. The van der Waals surface area contributed by atoms with Gasteiger partial charge in [0.15, 0.2) is 0 Å². The summed E-state index contributed by atoms with van der Waals surface area (Å²) in [6.45, 7) is 9.57. The van der Waals surface area contributed by atoms with Gasteiger partial charge in [-0.05, 0) is 20.3 Å². The smallest absolute Gasteiger partial charge is 0.134 e. The van der Waals surface area contributed by atoms with E-state index in [9.17, 15) is 0 Å². The zero-order valence-electron chi connectivity index (χ0n) is 11.5. The lowest BCUT2D eigenvalue weighted by atomic mass is 10.2. The Balaban J connectivity index is 2.10. The van der Waals surface area contributed by atoms with Crippen LogP contribution in [0.15, 0.2) is 12.4 Å². The summed E-state index contributed by atoms with van der Waals surface area (Å²) in [6.07, 6.45) is 2.73. The summed E-state index contributed by atoms with van der Waals surface area (Å²) in [5.74, 6) is 1.94. The number of aromatic nitrogens is 2. The first-order chi connectivity index (χ1) is 8.70. The SMILES string of the molecule is CCC(C)Nc1cc(N2CCNCC2C)ncn1. The van der Waals surface area contributed by atoms with Gasteiger partial charge in [0, 0.05) is 37.8 Å². The molecular weight excluding hydrogens is 226 g/mol. The van der Waals surface area contributed by atoms with E-state index in [-0.39, 0.29) is 0 Å². The average Bonchev–Trinajstić information content (AvgIpc) is 2.39. The number of nitrogens with zero attached hydrogens (tertiary/aromatic N) is 3. The second kappa shape index (κ2) is 6.00. The Labute approximate surface area is 109 Å². The number of nitrogens with one attached hydrogen (secondary N) is 2. The zero-order valence-corrected chi connectivity index (χ0v) is 11.5. The molecule has 18 heavy (non-hydrogen) atoms. The largest absolute Gasteiger partial charge is 0.367 e. The third-order valence-electron chi connectivity index (χ3n) is 3.45. The van der Waals surface area contributed by atoms with Crippen LogP contribution in [0.4, 0.5) is 11.6 Å². The molecule has 1 aromatic heterocycles. The third-order valence-corrected chi connectivity index (χ3v) is 3.45. The van der Waals surface area contributed by atoms with Gasteiger partial charge in [0.05, 0.1) is 0 Å². The van der Waals surface area contributed by atoms with E-state index in [1.807, 2.05) is 6.07 Å². The van der Waals surface area contributed by atoms with Crippen molar-refractivity contribution in [2.45, 2.75) is 39.3 Å². The van der Waals surface area contributed by atoms with Gasteiger partial charge in [0.1, 0.15) is 18.0 Å². The van der Waals surface area contributed by atoms with Gasteiger partial charge < -0.3 is 15.5 Å². The molecule has 2 heterocycles. The molecule has 1 saturated heterocycles. The van der Waals surface area contributed by atoms with Crippen molar-refractivity contribution < 1.29 is 0 Å². The molecule has 100 valence electrons.